The number of cyclic esters (lactones) is 2. The van der Waals surface area contributed by atoms with Gasteiger partial charge in [-0.25, -0.2) is 9.59 Å². The number of halogens is 1. The largest absolute Gasteiger partial charge is 0.386 e. The molecule has 2 aromatic carbocycles. The van der Waals surface area contributed by atoms with Gasteiger partial charge in [0.05, 0.1) is 11.1 Å². The van der Waals surface area contributed by atoms with Crippen LogP contribution in [-0.2, 0) is 4.74 Å². The molecule has 0 aliphatic carbocycles. The van der Waals surface area contributed by atoms with E-state index < -0.39 is 17.2 Å². The summed E-state index contributed by atoms with van der Waals surface area (Å²) in [6.07, 6.45) is 0. The zero-order valence-electron chi connectivity index (χ0n) is 11.0. The number of hydrogen-bond acceptors (Lipinski definition) is 5. The first kappa shape index (κ1) is 14.2. The van der Waals surface area contributed by atoms with Gasteiger partial charge in [-0.15, -0.1) is 0 Å². The van der Waals surface area contributed by atoms with E-state index in [1.165, 1.54) is 42.5 Å². The van der Waals surface area contributed by atoms with E-state index in [4.69, 9.17) is 11.6 Å². The fourth-order valence-corrected chi connectivity index (χ4v) is 2.27. The molecule has 1 heterocycles. The Hall–Kier alpha value is -2.79. The van der Waals surface area contributed by atoms with E-state index in [1.807, 2.05) is 0 Å². The van der Waals surface area contributed by atoms with Crippen LogP contribution < -0.4 is 0 Å². The predicted octanol–water partition coefficient (Wildman–Crippen LogP) is 2.61. The number of carbonyl (C=O) groups is 4. The van der Waals surface area contributed by atoms with Crippen molar-refractivity contribution in [3.05, 3.63) is 70.3 Å². The molecule has 1 aliphatic rings. The van der Waals surface area contributed by atoms with E-state index in [2.05, 4.69) is 4.74 Å². The van der Waals surface area contributed by atoms with Crippen LogP contribution in [-0.4, -0.2) is 23.0 Å². The smallest absolute Gasteiger partial charge is 0.346 e. The number of esters is 2. The normalized spacial score (nSPS) is 12.8. The van der Waals surface area contributed by atoms with Gasteiger partial charge >= 0.3 is 11.9 Å². The van der Waals surface area contributed by atoms with Crippen molar-refractivity contribution in [2.45, 2.75) is 0 Å². The molecule has 0 amide bonds. The molecule has 0 spiro atoms. The lowest BCUT2D eigenvalue weighted by Gasteiger charge is -2.03. The van der Waals surface area contributed by atoms with E-state index in [0.29, 0.717) is 5.56 Å². The minimum Gasteiger partial charge on any atom is -0.386 e. The second-order valence-corrected chi connectivity index (χ2v) is 4.96. The summed E-state index contributed by atoms with van der Waals surface area (Å²) >= 11 is 5.34. The lowest BCUT2D eigenvalue weighted by atomic mass is 9.98. The van der Waals surface area contributed by atoms with Crippen LogP contribution in [0.15, 0.2) is 42.5 Å². The Morgan fingerprint density at radius 1 is 0.773 bits per heavy atom. The second-order valence-electron chi connectivity index (χ2n) is 4.62. The summed E-state index contributed by atoms with van der Waals surface area (Å²) in [5, 5.41) is -0.613. The maximum atomic E-state index is 12.4. The highest BCUT2D eigenvalue weighted by atomic mass is 35.5. The highest BCUT2D eigenvalue weighted by molar-refractivity contribution is 6.67. The summed E-state index contributed by atoms with van der Waals surface area (Å²) in [5.74, 6) is -1.83. The minimum atomic E-state index is -0.766. The fourth-order valence-electron chi connectivity index (χ4n) is 2.15. The lowest BCUT2D eigenvalue weighted by Crippen LogP contribution is -2.04. The molecule has 0 saturated heterocycles. The fraction of sp³-hybridized carbons (Fsp3) is 0. The van der Waals surface area contributed by atoms with E-state index in [1.54, 1.807) is 0 Å². The highest BCUT2D eigenvalue weighted by Gasteiger charge is 2.30. The molecule has 0 bridgehead atoms. The van der Waals surface area contributed by atoms with Crippen LogP contribution in [0.5, 0.6) is 0 Å². The van der Waals surface area contributed by atoms with Gasteiger partial charge < -0.3 is 4.74 Å². The third-order valence-corrected chi connectivity index (χ3v) is 3.50. The number of hydrogen-bond donors (Lipinski definition) is 0. The molecule has 6 heteroatoms. The monoisotopic (exact) mass is 314 g/mol. The first-order valence-corrected chi connectivity index (χ1v) is 6.60. The minimum absolute atomic E-state index is 0.0726. The second kappa shape index (κ2) is 5.20. The number of ether oxygens (including phenoxy) is 1. The van der Waals surface area contributed by atoms with Crippen LogP contribution in [0.3, 0.4) is 0 Å². The predicted molar refractivity (Wildman–Crippen MR) is 76.2 cm³/mol. The number of benzene rings is 2. The molecule has 22 heavy (non-hydrogen) atoms. The molecular formula is C16H7ClO5. The lowest BCUT2D eigenvalue weighted by molar-refractivity contribution is 0.0443. The van der Waals surface area contributed by atoms with E-state index in [9.17, 15) is 19.2 Å². The molecule has 1 aliphatic heterocycles. The summed E-state index contributed by atoms with van der Waals surface area (Å²) in [4.78, 5) is 46.2. The SMILES string of the molecule is O=C(Cl)c1ccc(C(=O)c2ccc3c(c2)C(=O)OC3=O)cc1. The molecule has 108 valence electrons. The molecule has 0 aromatic heterocycles. The molecule has 0 unspecified atom stereocenters. The Bertz CT molecular complexity index is 836. The molecule has 2 aromatic rings. The number of carbonyl (C=O) groups excluding carboxylic acids is 4. The number of ketones is 1. The van der Waals surface area contributed by atoms with Crippen LogP contribution >= 0.6 is 11.6 Å². The summed E-state index contributed by atoms with van der Waals surface area (Å²) in [5.41, 5.74) is 1.07. The van der Waals surface area contributed by atoms with Gasteiger partial charge in [0.25, 0.3) is 5.24 Å². The number of rotatable bonds is 3. The van der Waals surface area contributed by atoms with Crippen molar-refractivity contribution in [2.75, 3.05) is 0 Å². The Morgan fingerprint density at radius 2 is 1.32 bits per heavy atom. The average Bonchev–Trinajstić information content (AvgIpc) is 2.81. The van der Waals surface area contributed by atoms with Crippen molar-refractivity contribution in [1.29, 1.82) is 0 Å². The zero-order chi connectivity index (χ0) is 15.9. The van der Waals surface area contributed by atoms with Crippen molar-refractivity contribution in [2.24, 2.45) is 0 Å². The average molecular weight is 315 g/mol. The molecule has 0 atom stereocenters. The zero-order valence-corrected chi connectivity index (χ0v) is 11.7. The topological polar surface area (TPSA) is 77.5 Å². The summed E-state index contributed by atoms with van der Waals surface area (Å²) < 4.78 is 4.47. The van der Waals surface area contributed by atoms with Crippen LogP contribution in [0, 0.1) is 0 Å². The van der Waals surface area contributed by atoms with Crippen molar-refractivity contribution in [3.63, 3.8) is 0 Å². The Labute approximate surface area is 129 Å². The summed E-state index contributed by atoms with van der Waals surface area (Å²) in [6, 6.07) is 9.96. The van der Waals surface area contributed by atoms with Crippen LogP contribution in [0.25, 0.3) is 0 Å². The molecular weight excluding hydrogens is 308 g/mol. The molecule has 0 fully saturated rings. The van der Waals surface area contributed by atoms with Gasteiger partial charge in [-0.3, -0.25) is 9.59 Å². The van der Waals surface area contributed by atoms with Crippen molar-refractivity contribution in [3.8, 4) is 0 Å². The van der Waals surface area contributed by atoms with Crippen LogP contribution in [0.2, 0.25) is 0 Å². The van der Waals surface area contributed by atoms with Gasteiger partial charge in [0.2, 0.25) is 0 Å². The van der Waals surface area contributed by atoms with Crippen molar-refractivity contribution >= 4 is 34.6 Å². The standard InChI is InChI=1S/C16H7ClO5/c17-14(19)9-3-1-8(2-4-9)13(18)10-5-6-11-12(7-10)16(21)22-15(11)20/h1-7H. The summed E-state index contributed by atoms with van der Waals surface area (Å²) in [7, 11) is 0. The first-order chi connectivity index (χ1) is 10.5. The van der Waals surface area contributed by atoms with E-state index in [-0.39, 0.29) is 28.0 Å². The van der Waals surface area contributed by atoms with Crippen LogP contribution in [0.4, 0.5) is 0 Å². The molecule has 5 nitrogen and oxygen atoms in total. The Balaban J connectivity index is 1.96. The third kappa shape index (κ3) is 2.31. The van der Waals surface area contributed by atoms with Gasteiger partial charge in [-0.05, 0) is 35.9 Å². The van der Waals surface area contributed by atoms with E-state index in [0.717, 1.165) is 0 Å². The number of fused-ring (bicyclic) bond motifs is 1. The van der Waals surface area contributed by atoms with Crippen LogP contribution in [0.1, 0.15) is 47.0 Å². The third-order valence-electron chi connectivity index (χ3n) is 3.28. The maximum absolute atomic E-state index is 12.4. The van der Waals surface area contributed by atoms with Gasteiger partial charge in [0.1, 0.15) is 0 Å². The quantitative estimate of drug-likeness (QED) is 0.376. The molecule has 0 radical (unpaired) electrons. The van der Waals surface area contributed by atoms with Gasteiger partial charge in [0, 0.05) is 16.7 Å². The van der Waals surface area contributed by atoms with Crippen molar-refractivity contribution in [1.82, 2.24) is 0 Å². The van der Waals surface area contributed by atoms with Crippen molar-refractivity contribution < 1.29 is 23.9 Å². The van der Waals surface area contributed by atoms with Gasteiger partial charge in [0.15, 0.2) is 5.78 Å². The molecule has 0 N–H and O–H groups in total. The van der Waals surface area contributed by atoms with E-state index >= 15 is 0 Å². The van der Waals surface area contributed by atoms with Gasteiger partial charge in [-0.2, -0.15) is 0 Å². The first-order valence-electron chi connectivity index (χ1n) is 6.22. The maximum Gasteiger partial charge on any atom is 0.346 e. The Kier molecular flexibility index (Phi) is 3.35. The molecule has 3 rings (SSSR count). The molecule has 0 saturated carbocycles. The highest BCUT2D eigenvalue weighted by Crippen LogP contribution is 2.22. The summed E-state index contributed by atoms with van der Waals surface area (Å²) in [6.45, 7) is 0. The van der Waals surface area contributed by atoms with Gasteiger partial charge in [-0.1, -0.05) is 18.2 Å². The Morgan fingerprint density at radius 3 is 1.95 bits per heavy atom.